The molecule has 1 unspecified atom stereocenters. The van der Waals surface area contributed by atoms with Crippen LogP contribution in [0.2, 0.25) is 5.02 Å². The van der Waals surface area contributed by atoms with Gasteiger partial charge in [-0.3, -0.25) is 4.79 Å². The zero-order valence-corrected chi connectivity index (χ0v) is 9.78. The largest absolute Gasteiger partial charge is 0.355 e. The number of aliphatic imine (C=N–C) groups is 1. The Morgan fingerprint density at radius 1 is 1.50 bits per heavy atom. The Morgan fingerprint density at radius 3 is 2.94 bits per heavy atom. The minimum Gasteiger partial charge on any atom is -0.355 e. The molecule has 1 heterocycles. The number of aliphatic hydroxyl groups is 1. The summed E-state index contributed by atoms with van der Waals surface area (Å²) in [5, 5.41) is 13.9. The number of amides is 1. The SMILES string of the molecule is O=C(NC1=C(F)C=NC(O)N1)c1ccccc1Cl. The van der Waals surface area contributed by atoms with Gasteiger partial charge in [-0.05, 0) is 12.1 Å². The average molecular weight is 270 g/mol. The number of benzene rings is 1. The molecule has 0 spiro atoms. The molecule has 1 aromatic carbocycles. The van der Waals surface area contributed by atoms with Crippen molar-refractivity contribution in [3.63, 3.8) is 0 Å². The normalized spacial score (nSPS) is 18.5. The van der Waals surface area contributed by atoms with Crippen molar-refractivity contribution in [2.45, 2.75) is 6.35 Å². The molecule has 0 aliphatic carbocycles. The van der Waals surface area contributed by atoms with Crippen LogP contribution in [0, 0.1) is 0 Å². The second-order valence-electron chi connectivity index (χ2n) is 3.45. The van der Waals surface area contributed by atoms with E-state index in [1.807, 2.05) is 0 Å². The van der Waals surface area contributed by atoms with E-state index >= 15 is 0 Å². The summed E-state index contributed by atoms with van der Waals surface area (Å²) in [6, 6.07) is 6.36. The Bertz CT molecular complexity index is 545. The zero-order valence-electron chi connectivity index (χ0n) is 9.02. The summed E-state index contributed by atoms with van der Waals surface area (Å²) in [7, 11) is 0. The Labute approximate surface area is 107 Å². The number of hydrogen-bond acceptors (Lipinski definition) is 4. The third-order valence-corrected chi connectivity index (χ3v) is 2.53. The molecule has 18 heavy (non-hydrogen) atoms. The van der Waals surface area contributed by atoms with Gasteiger partial charge in [-0.2, -0.15) is 0 Å². The van der Waals surface area contributed by atoms with Gasteiger partial charge in [0.15, 0.2) is 5.83 Å². The molecule has 0 aromatic heterocycles. The predicted molar refractivity (Wildman–Crippen MR) is 64.7 cm³/mol. The van der Waals surface area contributed by atoms with Crippen LogP contribution in [0.4, 0.5) is 4.39 Å². The molecule has 1 amide bonds. The first kappa shape index (κ1) is 12.5. The third-order valence-electron chi connectivity index (χ3n) is 2.20. The van der Waals surface area contributed by atoms with E-state index in [1.54, 1.807) is 18.2 Å². The molecule has 7 heteroatoms. The lowest BCUT2D eigenvalue weighted by molar-refractivity contribution is 0.0950. The van der Waals surface area contributed by atoms with Crippen LogP contribution in [0.15, 0.2) is 40.9 Å². The molecule has 1 aliphatic rings. The number of carbonyl (C=O) groups is 1. The van der Waals surface area contributed by atoms with E-state index in [0.29, 0.717) is 0 Å². The Balaban J connectivity index is 2.18. The lowest BCUT2D eigenvalue weighted by Crippen LogP contribution is -2.39. The van der Waals surface area contributed by atoms with Gasteiger partial charge >= 0.3 is 0 Å². The van der Waals surface area contributed by atoms with Crippen molar-refractivity contribution in [1.82, 2.24) is 10.6 Å². The van der Waals surface area contributed by atoms with Crippen LogP contribution in [0.25, 0.3) is 0 Å². The summed E-state index contributed by atoms with van der Waals surface area (Å²) in [6.07, 6.45) is -0.463. The summed E-state index contributed by atoms with van der Waals surface area (Å²) >= 11 is 5.84. The molecule has 1 atom stereocenters. The van der Waals surface area contributed by atoms with Crippen molar-refractivity contribution in [3.05, 3.63) is 46.5 Å². The van der Waals surface area contributed by atoms with Crippen LogP contribution in [-0.4, -0.2) is 23.6 Å². The highest BCUT2D eigenvalue weighted by atomic mass is 35.5. The van der Waals surface area contributed by atoms with Gasteiger partial charge < -0.3 is 15.7 Å². The highest BCUT2D eigenvalue weighted by molar-refractivity contribution is 6.33. The maximum absolute atomic E-state index is 13.3. The first-order valence-corrected chi connectivity index (χ1v) is 5.39. The second kappa shape index (κ2) is 5.16. The number of aliphatic hydroxyl groups excluding tert-OH is 1. The molecule has 0 saturated heterocycles. The van der Waals surface area contributed by atoms with Crippen LogP contribution < -0.4 is 10.6 Å². The van der Waals surface area contributed by atoms with Gasteiger partial charge in [0.1, 0.15) is 5.82 Å². The van der Waals surface area contributed by atoms with Gasteiger partial charge in [0.05, 0.1) is 16.8 Å². The molecule has 0 fully saturated rings. The van der Waals surface area contributed by atoms with E-state index in [1.165, 1.54) is 6.07 Å². The average Bonchev–Trinajstić information content (AvgIpc) is 2.34. The first-order valence-electron chi connectivity index (χ1n) is 5.01. The molecule has 0 bridgehead atoms. The van der Waals surface area contributed by atoms with Crippen molar-refractivity contribution in [2.24, 2.45) is 4.99 Å². The predicted octanol–water partition coefficient (Wildman–Crippen LogP) is 1.16. The number of allylic oxidation sites excluding steroid dienone is 1. The fourth-order valence-electron chi connectivity index (χ4n) is 1.36. The fraction of sp³-hybridized carbons (Fsp3) is 0.0909. The molecular formula is C11H9ClFN3O2. The van der Waals surface area contributed by atoms with Crippen LogP contribution in [0.1, 0.15) is 10.4 Å². The van der Waals surface area contributed by atoms with Crippen molar-refractivity contribution < 1.29 is 14.3 Å². The van der Waals surface area contributed by atoms with E-state index in [2.05, 4.69) is 15.6 Å². The summed E-state index contributed by atoms with van der Waals surface area (Å²) in [6.45, 7) is 0. The lowest BCUT2D eigenvalue weighted by Gasteiger charge is -2.18. The number of halogens is 2. The Morgan fingerprint density at radius 2 is 2.22 bits per heavy atom. The van der Waals surface area contributed by atoms with E-state index in [-0.39, 0.29) is 16.4 Å². The third kappa shape index (κ3) is 2.66. The maximum Gasteiger partial charge on any atom is 0.258 e. The van der Waals surface area contributed by atoms with E-state index in [0.717, 1.165) is 6.21 Å². The number of nitrogens with zero attached hydrogens (tertiary/aromatic N) is 1. The monoisotopic (exact) mass is 269 g/mol. The van der Waals surface area contributed by atoms with Crippen LogP contribution in [-0.2, 0) is 0 Å². The van der Waals surface area contributed by atoms with Gasteiger partial charge in [-0.25, -0.2) is 9.38 Å². The fourth-order valence-corrected chi connectivity index (χ4v) is 1.58. The Kier molecular flexibility index (Phi) is 3.59. The zero-order chi connectivity index (χ0) is 13.1. The Hall–Kier alpha value is -1.92. The van der Waals surface area contributed by atoms with Crippen molar-refractivity contribution >= 4 is 23.7 Å². The molecule has 1 aromatic rings. The summed E-state index contributed by atoms with van der Waals surface area (Å²) in [5.41, 5.74) is 0.207. The van der Waals surface area contributed by atoms with Gasteiger partial charge in [-0.15, -0.1) is 0 Å². The highest BCUT2D eigenvalue weighted by Gasteiger charge is 2.18. The topological polar surface area (TPSA) is 73.7 Å². The number of nitrogens with one attached hydrogen (secondary N) is 2. The van der Waals surface area contributed by atoms with E-state index in [9.17, 15) is 9.18 Å². The smallest absolute Gasteiger partial charge is 0.258 e. The van der Waals surface area contributed by atoms with Gasteiger partial charge in [0.2, 0.25) is 6.35 Å². The lowest BCUT2D eigenvalue weighted by atomic mass is 10.2. The summed E-state index contributed by atoms with van der Waals surface area (Å²) < 4.78 is 13.3. The molecule has 1 aliphatic heterocycles. The maximum atomic E-state index is 13.3. The van der Waals surface area contributed by atoms with Crippen LogP contribution in [0.3, 0.4) is 0 Å². The minimum atomic E-state index is -1.29. The van der Waals surface area contributed by atoms with E-state index in [4.69, 9.17) is 16.7 Å². The van der Waals surface area contributed by atoms with Gasteiger partial charge in [0.25, 0.3) is 5.91 Å². The molecule has 0 radical (unpaired) electrons. The molecule has 5 nitrogen and oxygen atoms in total. The van der Waals surface area contributed by atoms with Crippen LogP contribution in [0.5, 0.6) is 0 Å². The van der Waals surface area contributed by atoms with E-state index < -0.39 is 18.1 Å². The number of rotatable bonds is 2. The van der Waals surface area contributed by atoms with Gasteiger partial charge in [0, 0.05) is 0 Å². The van der Waals surface area contributed by atoms with Crippen molar-refractivity contribution in [2.75, 3.05) is 0 Å². The van der Waals surface area contributed by atoms with Crippen molar-refractivity contribution in [1.29, 1.82) is 0 Å². The molecule has 3 N–H and O–H groups in total. The van der Waals surface area contributed by atoms with Crippen molar-refractivity contribution in [3.8, 4) is 0 Å². The molecule has 94 valence electrons. The number of carbonyl (C=O) groups excluding carboxylic acids is 1. The summed E-state index contributed by atoms with van der Waals surface area (Å²) in [4.78, 5) is 15.2. The molecule has 2 rings (SSSR count). The van der Waals surface area contributed by atoms with Gasteiger partial charge in [-0.1, -0.05) is 23.7 Å². The molecule has 0 saturated carbocycles. The number of hydrogen-bond donors (Lipinski definition) is 3. The second-order valence-corrected chi connectivity index (χ2v) is 3.86. The summed E-state index contributed by atoms with van der Waals surface area (Å²) in [5.74, 6) is -1.61. The minimum absolute atomic E-state index is 0.207. The highest BCUT2D eigenvalue weighted by Crippen LogP contribution is 2.15. The quantitative estimate of drug-likeness (QED) is 0.754. The molecular weight excluding hydrogens is 261 g/mol. The first-order chi connectivity index (χ1) is 8.58. The standard InChI is InChI=1S/C11H9ClFN3O2/c12-7-4-2-1-3-6(7)10(17)15-9-8(13)5-14-11(18)16-9/h1-5,11,16,18H,(H,15,17). The van der Waals surface area contributed by atoms with Crippen LogP contribution >= 0.6 is 11.6 Å².